The molecule has 0 amide bonds. The van der Waals surface area contributed by atoms with Crippen molar-refractivity contribution in [2.45, 2.75) is 175 Å². The Morgan fingerprint density at radius 3 is 1.38 bits per heavy atom. The van der Waals surface area contributed by atoms with Crippen LogP contribution in [0.4, 0.5) is 0 Å². The van der Waals surface area contributed by atoms with Gasteiger partial charge < -0.3 is 0 Å². The van der Waals surface area contributed by atoms with Crippen LogP contribution in [0.2, 0.25) is 0 Å². The molecule has 0 aliphatic rings. The average Bonchev–Trinajstić information content (AvgIpc) is 3.20. The van der Waals surface area contributed by atoms with Gasteiger partial charge in [0, 0.05) is 6.42 Å². The van der Waals surface area contributed by atoms with Gasteiger partial charge >= 0.3 is 0 Å². The van der Waals surface area contributed by atoms with Crippen LogP contribution in [0.1, 0.15) is 161 Å². The lowest BCUT2D eigenvalue weighted by atomic mass is 10.0. The van der Waals surface area contributed by atoms with Gasteiger partial charge in [0.15, 0.2) is 0 Å². The van der Waals surface area contributed by atoms with Crippen LogP contribution in [0, 0.1) is 0 Å². The first-order chi connectivity index (χ1) is 15.8. The van der Waals surface area contributed by atoms with Crippen LogP contribution in [-0.4, -0.2) is 4.57 Å². The van der Waals surface area contributed by atoms with Crippen LogP contribution in [0.25, 0.3) is 0 Å². The van der Waals surface area contributed by atoms with E-state index in [1.165, 1.54) is 148 Å². The van der Waals surface area contributed by atoms with Crippen LogP contribution < -0.4 is 4.57 Å². The standard InChI is InChI=1S/C30H59N2/c1-4-7-9-11-12-13-14-15-16-17-18-19-20-21-22-23-25-27-32-29-28-31(6-3)30(32)26-24-10-8-5-2/h28-29H,4-27H2,1-3H3/q+1. The maximum Gasteiger partial charge on any atom is 0.256 e. The number of aryl methyl sites for hydroxylation is 2. The first kappa shape index (κ1) is 29.2. The maximum atomic E-state index is 2.54. The Morgan fingerprint density at radius 1 is 0.531 bits per heavy atom. The zero-order chi connectivity index (χ0) is 23.1. The Kier molecular flexibility index (Phi) is 20.1. The summed E-state index contributed by atoms with van der Waals surface area (Å²) < 4.78 is 5.00. The van der Waals surface area contributed by atoms with Gasteiger partial charge in [0.05, 0.1) is 13.1 Å². The number of hydrogen-bond donors (Lipinski definition) is 0. The SMILES string of the molecule is CCCCCCCCCCCCCCCCCCC[n+]1ccn(CC)c1CCCCCC. The molecule has 1 aromatic heterocycles. The number of imidazole rings is 1. The Labute approximate surface area is 202 Å². The maximum absolute atomic E-state index is 2.54. The van der Waals surface area contributed by atoms with E-state index < -0.39 is 0 Å². The number of rotatable bonds is 24. The second kappa shape index (κ2) is 22.0. The number of nitrogens with zero attached hydrogens (tertiary/aromatic N) is 2. The summed E-state index contributed by atoms with van der Waals surface area (Å²) in [6.45, 7) is 9.20. The number of hydrogen-bond acceptors (Lipinski definition) is 0. The Balaban J connectivity index is 1.93. The lowest BCUT2D eigenvalue weighted by molar-refractivity contribution is -0.704. The van der Waals surface area contributed by atoms with Crippen molar-refractivity contribution in [2.75, 3.05) is 0 Å². The molecule has 0 aliphatic carbocycles. The number of unbranched alkanes of at least 4 members (excludes halogenated alkanes) is 19. The van der Waals surface area contributed by atoms with E-state index in [4.69, 9.17) is 0 Å². The highest BCUT2D eigenvalue weighted by Crippen LogP contribution is 2.14. The summed E-state index contributed by atoms with van der Waals surface area (Å²) in [5.74, 6) is 1.56. The average molecular weight is 448 g/mol. The van der Waals surface area contributed by atoms with E-state index >= 15 is 0 Å². The highest BCUT2D eigenvalue weighted by atomic mass is 15.1. The molecule has 0 radical (unpaired) electrons. The Bertz CT molecular complexity index is 505. The molecular weight excluding hydrogens is 388 g/mol. The summed E-state index contributed by atoms with van der Waals surface area (Å²) in [6, 6.07) is 0. The summed E-state index contributed by atoms with van der Waals surface area (Å²) in [4.78, 5) is 0. The van der Waals surface area contributed by atoms with Crippen molar-refractivity contribution in [3.8, 4) is 0 Å². The fraction of sp³-hybridized carbons (Fsp3) is 0.900. The summed E-state index contributed by atoms with van der Waals surface area (Å²) in [5.41, 5.74) is 0. The molecule has 0 aromatic carbocycles. The van der Waals surface area contributed by atoms with Gasteiger partial charge in [0.25, 0.3) is 5.82 Å². The molecule has 0 saturated carbocycles. The molecule has 0 spiro atoms. The van der Waals surface area contributed by atoms with Crippen molar-refractivity contribution >= 4 is 0 Å². The molecule has 1 rings (SSSR count). The molecule has 0 bridgehead atoms. The normalized spacial score (nSPS) is 11.5. The molecule has 1 aromatic rings. The first-order valence-corrected chi connectivity index (χ1v) is 14.9. The smallest absolute Gasteiger partial charge is 0.235 e. The van der Waals surface area contributed by atoms with Crippen molar-refractivity contribution < 1.29 is 4.57 Å². The lowest BCUT2D eigenvalue weighted by Gasteiger charge is -2.05. The van der Waals surface area contributed by atoms with Gasteiger partial charge in [0.1, 0.15) is 12.4 Å². The van der Waals surface area contributed by atoms with Gasteiger partial charge in [-0.2, -0.15) is 0 Å². The fourth-order valence-electron chi connectivity index (χ4n) is 4.99. The number of aromatic nitrogens is 2. The monoisotopic (exact) mass is 447 g/mol. The van der Waals surface area contributed by atoms with E-state index in [-0.39, 0.29) is 0 Å². The van der Waals surface area contributed by atoms with E-state index in [1.54, 1.807) is 5.82 Å². The molecule has 2 heteroatoms. The highest BCUT2D eigenvalue weighted by Gasteiger charge is 2.15. The second-order valence-electron chi connectivity index (χ2n) is 10.2. The van der Waals surface area contributed by atoms with E-state index in [2.05, 4.69) is 42.3 Å². The minimum Gasteiger partial charge on any atom is -0.235 e. The van der Waals surface area contributed by atoms with E-state index in [9.17, 15) is 0 Å². The molecule has 0 fully saturated rings. The van der Waals surface area contributed by atoms with Gasteiger partial charge in [-0.25, -0.2) is 9.13 Å². The van der Waals surface area contributed by atoms with Gasteiger partial charge in [0.2, 0.25) is 0 Å². The third-order valence-corrected chi connectivity index (χ3v) is 7.19. The summed E-state index contributed by atoms with van der Waals surface area (Å²) in [6.07, 6.45) is 35.9. The van der Waals surface area contributed by atoms with Crippen molar-refractivity contribution in [2.24, 2.45) is 0 Å². The largest absolute Gasteiger partial charge is 0.256 e. The van der Waals surface area contributed by atoms with Gasteiger partial charge in [-0.15, -0.1) is 0 Å². The molecular formula is C30H59N2+. The second-order valence-corrected chi connectivity index (χ2v) is 10.2. The highest BCUT2D eigenvalue weighted by molar-refractivity contribution is 4.83. The lowest BCUT2D eigenvalue weighted by Crippen LogP contribution is -2.37. The molecule has 1 heterocycles. The van der Waals surface area contributed by atoms with Crippen LogP contribution in [0.15, 0.2) is 12.4 Å². The molecule has 188 valence electrons. The molecule has 0 saturated heterocycles. The van der Waals surface area contributed by atoms with Crippen molar-refractivity contribution in [3.05, 3.63) is 18.2 Å². The van der Waals surface area contributed by atoms with Crippen molar-refractivity contribution in [1.82, 2.24) is 4.57 Å². The third-order valence-electron chi connectivity index (χ3n) is 7.19. The van der Waals surface area contributed by atoms with Gasteiger partial charge in [-0.1, -0.05) is 129 Å². The molecule has 2 nitrogen and oxygen atoms in total. The molecule has 0 N–H and O–H groups in total. The first-order valence-electron chi connectivity index (χ1n) is 14.9. The molecule has 0 atom stereocenters. The quantitative estimate of drug-likeness (QED) is 0.110. The zero-order valence-electron chi connectivity index (χ0n) is 22.5. The summed E-state index contributed by atoms with van der Waals surface area (Å²) >= 11 is 0. The third kappa shape index (κ3) is 15.1. The summed E-state index contributed by atoms with van der Waals surface area (Å²) in [5, 5.41) is 0. The Morgan fingerprint density at radius 2 is 0.938 bits per heavy atom. The molecule has 0 aliphatic heterocycles. The molecule has 0 unspecified atom stereocenters. The van der Waals surface area contributed by atoms with E-state index in [0.717, 1.165) is 6.54 Å². The fourth-order valence-corrected chi connectivity index (χ4v) is 4.99. The topological polar surface area (TPSA) is 8.81 Å². The van der Waals surface area contributed by atoms with Gasteiger partial charge in [-0.3, -0.25) is 0 Å². The van der Waals surface area contributed by atoms with E-state index in [1.807, 2.05) is 0 Å². The van der Waals surface area contributed by atoms with Crippen LogP contribution >= 0.6 is 0 Å². The minimum absolute atomic E-state index is 1.11. The van der Waals surface area contributed by atoms with Crippen LogP contribution in [-0.2, 0) is 19.5 Å². The van der Waals surface area contributed by atoms with Crippen molar-refractivity contribution in [3.63, 3.8) is 0 Å². The van der Waals surface area contributed by atoms with Crippen molar-refractivity contribution in [1.29, 1.82) is 0 Å². The van der Waals surface area contributed by atoms with E-state index in [0.29, 0.717) is 0 Å². The predicted molar refractivity (Wildman–Crippen MR) is 142 cm³/mol. The Hall–Kier alpha value is -0.790. The van der Waals surface area contributed by atoms with Crippen LogP contribution in [0.5, 0.6) is 0 Å². The van der Waals surface area contributed by atoms with Crippen LogP contribution in [0.3, 0.4) is 0 Å². The summed E-state index contributed by atoms with van der Waals surface area (Å²) in [7, 11) is 0. The zero-order valence-corrected chi connectivity index (χ0v) is 22.5. The molecule has 32 heavy (non-hydrogen) atoms. The van der Waals surface area contributed by atoms with Gasteiger partial charge in [-0.05, 0) is 26.2 Å². The minimum atomic E-state index is 1.11. The predicted octanol–water partition coefficient (Wildman–Crippen LogP) is 9.57.